The molecule has 1 saturated heterocycles. The first-order valence-electron chi connectivity index (χ1n) is 6.07. The molecule has 0 bridgehead atoms. The predicted molar refractivity (Wildman–Crippen MR) is 63.2 cm³/mol. The molecular weight excluding hydrogens is 272 g/mol. The lowest BCUT2D eigenvalue weighted by Gasteiger charge is -2.25. The fraction of sp³-hybridized carbons (Fsp3) is 0.750. The molecule has 1 heterocycles. The van der Waals surface area contributed by atoms with Gasteiger partial charge in [-0.15, -0.1) is 0 Å². The summed E-state index contributed by atoms with van der Waals surface area (Å²) in [4.78, 5) is 33.1. The Morgan fingerprint density at radius 2 is 1.50 bits per heavy atom. The molecule has 0 aromatic carbocycles. The van der Waals surface area contributed by atoms with Gasteiger partial charge in [0, 0.05) is 20.8 Å². The van der Waals surface area contributed by atoms with Crippen LogP contribution in [0.2, 0.25) is 0 Å². The second-order valence-electron chi connectivity index (χ2n) is 4.45. The van der Waals surface area contributed by atoms with E-state index in [0.717, 1.165) is 6.92 Å². The smallest absolute Gasteiger partial charge is 0.303 e. The molecule has 0 aromatic rings. The molecule has 0 spiro atoms. The molecule has 0 saturated carbocycles. The van der Waals surface area contributed by atoms with E-state index in [0.29, 0.717) is 0 Å². The van der Waals surface area contributed by atoms with E-state index in [-0.39, 0.29) is 0 Å². The Labute approximate surface area is 115 Å². The minimum Gasteiger partial charge on any atom is -0.460 e. The fourth-order valence-electron chi connectivity index (χ4n) is 2.01. The maximum Gasteiger partial charge on any atom is 0.303 e. The standard InChI is InChI=1S/C12H18O8/c1-5(17-6(2)13)9-10(18-7(3)14)11(12(16)20-9)19-8(4)15/h5,9-12,16H,1-4H3/t5-,9+,10+,11+,12?/m0/s1. The second-order valence-corrected chi connectivity index (χ2v) is 4.45. The number of hydrogen-bond acceptors (Lipinski definition) is 8. The first-order valence-corrected chi connectivity index (χ1v) is 6.07. The third kappa shape index (κ3) is 4.17. The lowest BCUT2D eigenvalue weighted by atomic mass is 10.1. The van der Waals surface area contributed by atoms with E-state index < -0.39 is 48.6 Å². The normalized spacial score (nSPS) is 30.4. The molecule has 1 N–H and O–H groups in total. The summed E-state index contributed by atoms with van der Waals surface area (Å²) in [5.41, 5.74) is 0. The molecule has 0 radical (unpaired) electrons. The summed E-state index contributed by atoms with van der Waals surface area (Å²) in [7, 11) is 0. The zero-order valence-corrected chi connectivity index (χ0v) is 11.7. The van der Waals surface area contributed by atoms with Gasteiger partial charge in [0.25, 0.3) is 0 Å². The third-order valence-electron chi connectivity index (χ3n) is 2.64. The van der Waals surface area contributed by atoms with Gasteiger partial charge in [-0.3, -0.25) is 14.4 Å². The zero-order valence-electron chi connectivity index (χ0n) is 11.7. The highest BCUT2D eigenvalue weighted by atomic mass is 16.7. The average molecular weight is 290 g/mol. The monoisotopic (exact) mass is 290 g/mol. The van der Waals surface area contributed by atoms with Gasteiger partial charge in [0.15, 0.2) is 18.5 Å². The number of aliphatic hydroxyl groups is 1. The molecule has 0 aliphatic carbocycles. The van der Waals surface area contributed by atoms with Crippen molar-refractivity contribution in [3.05, 3.63) is 0 Å². The number of esters is 3. The highest BCUT2D eigenvalue weighted by Crippen LogP contribution is 2.29. The fourth-order valence-corrected chi connectivity index (χ4v) is 2.01. The van der Waals surface area contributed by atoms with Crippen LogP contribution < -0.4 is 0 Å². The number of carbonyl (C=O) groups excluding carboxylic acids is 3. The average Bonchev–Trinajstić information content (AvgIpc) is 2.55. The first kappa shape index (κ1) is 16.4. The molecule has 1 aliphatic heterocycles. The van der Waals surface area contributed by atoms with Gasteiger partial charge in [0.05, 0.1) is 0 Å². The van der Waals surface area contributed by atoms with Crippen LogP contribution in [0.5, 0.6) is 0 Å². The van der Waals surface area contributed by atoms with Crippen molar-refractivity contribution >= 4 is 17.9 Å². The molecule has 8 nitrogen and oxygen atoms in total. The number of hydrogen-bond donors (Lipinski definition) is 1. The van der Waals surface area contributed by atoms with Crippen LogP contribution in [0.4, 0.5) is 0 Å². The lowest BCUT2D eigenvalue weighted by Crippen LogP contribution is -2.44. The Hall–Kier alpha value is -1.67. The maximum atomic E-state index is 11.1. The summed E-state index contributed by atoms with van der Waals surface area (Å²) >= 11 is 0. The third-order valence-corrected chi connectivity index (χ3v) is 2.64. The second kappa shape index (κ2) is 6.67. The Morgan fingerprint density at radius 3 is 1.95 bits per heavy atom. The van der Waals surface area contributed by atoms with E-state index in [9.17, 15) is 19.5 Å². The summed E-state index contributed by atoms with van der Waals surface area (Å²) in [5.74, 6) is -1.84. The van der Waals surface area contributed by atoms with Gasteiger partial charge in [0.2, 0.25) is 0 Å². The molecule has 1 aliphatic rings. The van der Waals surface area contributed by atoms with E-state index in [2.05, 4.69) is 0 Å². The highest BCUT2D eigenvalue weighted by molar-refractivity contribution is 5.68. The Bertz CT molecular complexity index is 393. The Kier molecular flexibility index (Phi) is 5.46. The van der Waals surface area contributed by atoms with E-state index in [1.54, 1.807) is 0 Å². The molecule has 0 aromatic heterocycles. The van der Waals surface area contributed by atoms with Gasteiger partial charge in [-0.1, -0.05) is 0 Å². The summed E-state index contributed by atoms with van der Waals surface area (Å²) < 4.78 is 20.0. The SMILES string of the molecule is CC(=O)O[C@@H]1[C@@H]([C@H](C)OC(C)=O)OC(O)[C@@H]1OC(C)=O. The van der Waals surface area contributed by atoms with E-state index >= 15 is 0 Å². The molecule has 8 heteroatoms. The van der Waals surface area contributed by atoms with Crippen molar-refractivity contribution < 1.29 is 38.4 Å². The van der Waals surface area contributed by atoms with Gasteiger partial charge >= 0.3 is 17.9 Å². The molecule has 0 amide bonds. The van der Waals surface area contributed by atoms with Crippen LogP contribution in [0.3, 0.4) is 0 Å². The van der Waals surface area contributed by atoms with Gasteiger partial charge in [-0.05, 0) is 6.92 Å². The van der Waals surface area contributed by atoms with Crippen molar-refractivity contribution in [3.8, 4) is 0 Å². The molecule has 1 unspecified atom stereocenters. The van der Waals surface area contributed by atoms with E-state index in [4.69, 9.17) is 18.9 Å². The predicted octanol–water partition coefficient (Wildman–Crippen LogP) is -0.481. The summed E-state index contributed by atoms with van der Waals surface area (Å²) in [6.07, 6.45) is -5.40. The van der Waals surface area contributed by atoms with Crippen molar-refractivity contribution in [2.75, 3.05) is 0 Å². The van der Waals surface area contributed by atoms with Crippen LogP contribution >= 0.6 is 0 Å². The maximum absolute atomic E-state index is 11.1. The largest absolute Gasteiger partial charge is 0.460 e. The van der Waals surface area contributed by atoms with Gasteiger partial charge in [0.1, 0.15) is 12.2 Å². The Morgan fingerprint density at radius 1 is 1.00 bits per heavy atom. The summed E-state index contributed by atoms with van der Waals surface area (Å²) in [5, 5.41) is 9.74. The van der Waals surface area contributed by atoms with Crippen LogP contribution in [0.25, 0.3) is 0 Å². The number of rotatable bonds is 4. The highest BCUT2D eigenvalue weighted by Gasteiger charge is 2.51. The van der Waals surface area contributed by atoms with Crippen LogP contribution in [-0.2, 0) is 33.3 Å². The van der Waals surface area contributed by atoms with Gasteiger partial charge < -0.3 is 24.1 Å². The lowest BCUT2D eigenvalue weighted by molar-refractivity contribution is -0.176. The van der Waals surface area contributed by atoms with Crippen LogP contribution in [0.1, 0.15) is 27.7 Å². The number of aliphatic hydroxyl groups excluding tert-OH is 1. The zero-order chi connectivity index (χ0) is 15.4. The van der Waals surface area contributed by atoms with Gasteiger partial charge in [-0.25, -0.2) is 0 Å². The van der Waals surface area contributed by atoms with Crippen LogP contribution in [0.15, 0.2) is 0 Å². The van der Waals surface area contributed by atoms with Crippen molar-refractivity contribution in [1.82, 2.24) is 0 Å². The van der Waals surface area contributed by atoms with Crippen LogP contribution in [0, 0.1) is 0 Å². The molecule has 1 rings (SSSR count). The Balaban J connectivity index is 2.89. The molecule has 1 fully saturated rings. The van der Waals surface area contributed by atoms with E-state index in [1.807, 2.05) is 0 Å². The molecular formula is C12H18O8. The minimum absolute atomic E-state index is 0.548. The molecule has 114 valence electrons. The molecule has 5 atom stereocenters. The molecule has 20 heavy (non-hydrogen) atoms. The van der Waals surface area contributed by atoms with Gasteiger partial charge in [-0.2, -0.15) is 0 Å². The van der Waals surface area contributed by atoms with Crippen molar-refractivity contribution in [3.63, 3.8) is 0 Å². The van der Waals surface area contributed by atoms with Crippen molar-refractivity contribution in [1.29, 1.82) is 0 Å². The van der Waals surface area contributed by atoms with E-state index in [1.165, 1.54) is 20.8 Å². The number of carbonyl (C=O) groups is 3. The van der Waals surface area contributed by atoms with Crippen molar-refractivity contribution in [2.45, 2.75) is 58.4 Å². The topological polar surface area (TPSA) is 108 Å². The quantitative estimate of drug-likeness (QED) is 0.546. The summed E-state index contributed by atoms with van der Waals surface area (Å²) in [6, 6.07) is 0. The van der Waals surface area contributed by atoms with Crippen LogP contribution in [-0.4, -0.2) is 53.7 Å². The first-order chi connectivity index (χ1) is 9.22. The summed E-state index contributed by atoms with van der Waals surface area (Å²) in [6.45, 7) is 5.06. The van der Waals surface area contributed by atoms with Crippen molar-refractivity contribution in [2.24, 2.45) is 0 Å². The number of ether oxygens (including phenoxy) is 4. The minimum atomic E-state index is -1.47.